The van der Waals surface area contributed by atoms with Gasteiger partial charge in [0.05, 0.1) is 5.56 Å². The second-order valence-corrected chi connectivity index (χ2v) is 5.06. The number of nitrogens with two attached hydrogens (primary N) is 1. The lowest BCUT2D eigenvalue weighted by molar-refractivity contribution is 0.102. The summed E-state index contributed by atoms with van der Waals surface area (Å²) in [4.78, 5) is 2.37. The molecule has 19 heavy (non-hydrogen) atoms. The van der Waals surface area contributed by atoms with Crippen LogP contribution in [0.25, 0.3) is 0 Å². The second-order valence-electron chi connectivity index (χ2n) is 5.06. The number of rotatable bonds is 3. The van der Waals surface area contributed by atoms with Gasteiger partial charge in [-0.25, -0.2) is 4.39 Å². The minimum atomic E-state index is -0.450. The topological polar surface area (TPSA) is 53.0 Å². The van der Waals surface area contributed by atoms with Crippen LogP contribution in [0.3, 0.4) is 0 Å². The van der Waals surface area contributed by atoms with E-state index in [0.29, 0.717) is 12.5 Å². The molecule has 1 aromatic rings. The third-order valence-electron chi connectivity index (χ3n) is 4.02. The molecule has 1 heterocycles. The molecule has 2 N–H and O–H groups in total. The van der Waals surface area contributed by atoms with Crippen molar-refractivity contribution >= 4 is 0 Å². The minimum absolute atomic E-state index is 0.120. The Hall–Kier alpha value is -1.44. The first-order valence-electron chi connectivity index (χ1n) is 6.85. The van der Waals surface area contributed by atoms with Gasteiger partial charge in [0, 0.05) is 6.04 Å². The van der Waals surface area contributed by atoms with Gasteiger partial charge in [0.25, 0.3) is 0 Å². The van der Waals surface area contributed by atoms with Crippen molar-refractivity contribution in [2.75, 3.05) is 19.6 Å². The average molecular weight is 261 g/mol. The summed E-state index contributed by atoms with van der Waals surface area (Å²) in [5.74, 6) is -0.0693. The van der Waals surface area contributed by atoms with Crippen LogP contribution < -0.4 is 5.73 Å². The zero-order chi connectivity index (χ0) is 13.8. The van der Waals surface area contributed by atoms with Crippen LogP contribution in [0.15, 0.2) is 18.2 Å². The van der Waals surface area contributed by atoms with E-state index in [9.17, 15) is 4.39 Å². The first kappa shape index (κ1) is 14.0. The van der Waals surface area contributed by atoms with E-state index in [4.69, 9.17) is 11.0 Å². The number of piperidine rings is 1. The van der Waals surface area contributed by atoms with Crippen LogP contribution in [0.1, 0.15) is 36.9 Å². The van der Waals surface area contributed by atoms with Gasteiger partial charge in [-0.15, -0.1) is 0 Å². The molecule has 1 saturated heterocycles. The van der Waals surface area contributed by atoms with Crippen molar-refractivity contribution in [1.82, 2.24) is 4.90 Å². The van der Waals surface area contributed by atoms with E-state index < -0.39 is 5.82 Å². The van der Waals surface area contributed by atoms with Gasteiger partial charge in [0.2, 0.25) is 0 Å². The molecule has 3 nitrogen and oxygen atoms in total. The first-order valence-corrected chi connectivity index (χ1v) is 6.85. The highest BCUT2D eigenvalue weighted by Crippen LogP contribution is 2.35. The number of nitrogens with zero attached hydrogens (tertiary/aromatic N) is 2. The number of halogens is 1. The standard InChI is InChI=1S/C15H20FN3/c1-2-19-7-3-4-12(9-17)15(19)11-5-6-14(16)13(8-11)10-18/h5-6,8,12,15H,2-4,7,9,17H2,1H3. The summed E-state index contributed by atoms with van der Waals surface area (Å²) in [5.41, 5.74) is 7.01. The maximum Gasteiger partial charge on any atom is 0.140 e. The molecule has 102 valence electrons. The number of likely N-dealkylation sites (tertiary alicyclic amines) is 1. The highest BCUT2D eigenvalue weighted by Gasteiger charge is 2.31. The third kappa shape index (κ3) is 2.78. The maximum absolute atomic E-state index is 13.4. The molecule has 1 fully saturated rings. The number of nitriles is 1. The van der Waals surface area contributed by atoms with Crippen molar-refractivity contribution < 1.29 is 4.39 Å². The quantitative estimate of drug-likeness (QED) is 0.909. The molecule has 1 aliphatic rings. The Morgan fingerprint density at radius 2 is 2.32 bits per heavy atom. The summed E-state index contributed by atoms with van der Waals surface area (Å²) in [6.45, 7) is 4.73. The Morgan fingerprint density at radius 3 is 2.95 bits per heavy atom. The third-order valence-corrected chi connectivity index (χ3v) is 4.02. The number of hydrogen-bond acceptors (Lipinski definition) is 3. The van der Waals surface area contributed by atoms with Gasteiger partial charge in [-0.3, -0.25) is 4.90 Å². The van der Waals surface area contributed by atoms with E-state index in [1.54, 1.807) is 12.1 Å². The molecule has 1 aliphatic heterocycles. The first-order chi connectivity index (χ1) is 9.21. The summed E-state index contributed by atoms with van der Waals surface area (Å²) in [6.07, 6.45) is 2.25. The van der Waals surface area contributed by atoms with Crippen LogP contribution in [0.2, 0.25) is 0 Å². The van der Waals surface area contributed by atoms with Gasteiger partial charge in [-0.05, 0) is 56.1 Å². The van der Waals surface area contributed by atoms with Crippen LogP contribution in [0.4, 0.5) is 4.39 Å². The normalized spacial score (nSPS) is 24.1. The van der Waals surface area contributed by atoms with Gasteiger partial charge in [-0.1, -0.05) is 13.0 Å². The Bertz CT molecular complexity index is 469. The van der Waals surface area contributed by atoms with Gasteiger partial charge >= 0.3 is 0 Å². The lowest BCUT2D eigenvalue weighted by Crippen LogP contribution is -2.41. The predicted molar refractivity (Wildman–Crippen MR) is 72.9 cm³/mol. The molecule has 2 unspecified atom stereocenters. The fraction of sp³-hybridized carbons (Fsp3) is 0.533. The summed E-state index contributed by atoms with van der Waals surface area (Å²) in [6, 6.07) is 6.98. The van der Waals surface area contributed by atoms with Crippen molar-refractivity contribution in [3.63, 3.8) is 0 Å². The summed E-state index contributed by atoms with van der Waals surface area (Å²) < 4.78 is 13.4. The Labute approximate surface area is 113 Å². The van der Waals surface area contributed by atoms with Crippen LogP contribution in [-0.2, 0) is 0 Å². The molecule has 0 amide bonds. The summed E-state index contributed by atoms with van der Waals surface area (Å²) in [7, 11) is 0. The van der Waals surface area contributed by atoms with Crippen LogP contribution >= 0.6 is 0 Å². The second kappa shape index (κ2) is 6.14. The molecular formula is C15H20FN3. The van der Waals surface area contributed by atoms with Crippen molar-refractivity contribution in [2.45, 2.75) is 25.8 Å². The van der Waals surface area contributed by atoms with Crippen LogP contribution in [0.5, 0.6) is 0 Å². The average Bonchev–Trinajstić information content (AvgIpc) is 2.47. The zero-order valence-electron chi connectivity index (χ0n) is 11.3. The van der Waals surface area contributed by atoms with Gasteiger partial charge in [0.15, 0.2) is 0 Å². The molecule has 1 aromatic carbocycles. The van der Waals surface area contributed by atoms with E-state index in [1.807, 2.05) is 6.07 Å². The van der Waals surface area contributed by atoms with E-state index in [-0.39, 0.29) is 11.6 Å². The van der Waals surface area contributed by atoms with Gasteiger partial charge in [-0.2, -0.15) is 5.26 Å². The molecule has 0 aliphatic carbocycles. The number of benzene rings is 1. The van der Waals surface area contributed by atoms with E-state index in [0.717, 1.165) is 31.5 Å². The molecule has 0 radical (unpaired) electrons. The molecule has 2 atom stereocenters. The highest BCUT2D eigenvalue weighted by molar-refractivity contribution is 5.36. The van der Waals surface area contributed by atoms with Crippen molar-refractivity contribution in [3.8, 4) is 6.07 Å². The van der Waals surface area contributed by atoms with Crippen molar-refractivity contribution in [1.29, 1.82) is 5.26 Å². The molecule has 4 heteroatoms. The zero-order valence-corrected chi connectivity index (χ0v) is 11.3. The monoisotopic (exact) mass is 261 g/mol. The fourth-order valence-electron chi connectivity index (χ4n) is 3.05. The SMILES string of the molecule is CCN1CCCC(CN)C1c1ccc(F)c(C#N)c1. The molecular weight excluding hydrogens is 241 g/mol. The van der Waals surface area contributed by atoms with E-state index >= 15 is 0 Å². The maximum atomic E-state index is 13.4. The highest BCUT2D eigenvalue weighted by atomic mass is 19.1. The van der Waals surface area contributed by atoms with E-state index in [1.165, 1.54) is 6.07 Å². The molecule has 0 aromatic heterocycles. The Balaban J connectivity index is 2.38. The van der Waals surface area contributed by atoms with Gasteiger partial charge < -0.3 is 5.73 Å². The molecule has 0 bridgehead atoms. The smallest absolute Gasteiger partial charge is 0.140 e. The van der Waals surface area contributed by atoms with Crippen LogP contribution in [-0.4, -0.2) is 24.5 Å². The molecule has 0 saturated carbocycles. The molecule has 2 rings (SSSR count). The largest absolute Gasteiger partial charge is 0.330 e. The molecule has 0 spiro atoms. The predicted octanol–water partition coefficient (Wildman–Crippen LogP) is 2.43. The Morgan fingerprint density at radius 1 is 1.53 bits per heavy atom. The minimum Gasteiger partial charge on any atom is -0.330 e. The van der Waals surface area contributed by atoms with E-state index in [2.05, 4.69) is 11.8 Å². The van der Waals surface area contributed by atoms with Crippen molar-refractivity contribution in [3.05, 3.63) is 35.1 Å². The number of hydrogen-bond donors (Lipinski definition) is 1. The summed E-state index contributed by atoms with van der Waals surface area (Å²) in [5, 5.41) is 8.96. The van der Waals surface area contributed by atoms with Crippen molar-refractivity contribution in [2.24, 2.45) is 11.7 Å². The lowest BCUT2D eigenvalue weighted by atomic mass is 9.84. The van der Waals surface area contributed by atoms with Gasteiger partial charge in [0.1, 0.15) is 11.9 Å². The lowest BCUT2D eigenvalue weighted by Gasteiger charge is -2.41. The fourth-order valence-corrected chi connectivity index (χ4v) is 3.05. The Kier molecular flexibility index (Phi) is 4.52. The van der Waals surface area contributed by atoms with Crippen LogP contribution in [0, 0.1) is 23.1 Å². The summed E-state index contributed by atoms with van der Waals surface area (Å²) >= 11 is 0.